The van der Waals surface area contributed by atoms with Gasteiger partial charge in [0, 0.05) is 12.6 Å². The van der Waals surface area contributed by atoms with Gasteiger partial charge in [-0.15, -0.1) is 0 Å². The number of aryl methyl sites for hydroxylation is 1. The van der Waals surface area contributed by atoms with Gasteiger partial charge in [-0.1, -0.05) is 35.9 Å². The highest BCUT2D eigenvalue weighted by atomic mass is 16.7. The highest BCUT2D eigenvalue weighted by Crippen LogP contribution is 2.43. The molecule has 2 aromatic carbocycles. The Bertz CT molecular complexity index is 940. The van der Waals surface area contributed by atoms with E-state index < -0.39 is 5.54 Å². The van der Waals surface area contributed by atoms with Crippen molar-refractivity contribution >= 4 is 11.9 Å². The molecule has 4 rings (SSSR count). The predicted molar refractivity (Wildman–Crippen MR) is 108 cm³/mol. The van der Waals surface area contributed by atoms with Gasteiger partial charge in [0.1, 0.15) is 5.75 Å². The topological polar surface area (TPSA) is 77.2 Å². The lowest BCUT2D eigenvalue weighted by molar-refractivity contribution is -0.131. The number of hydrogen-bond donors (Lipinski definition) is 1. The molecule has 146 valence electrons. The molecule has 0 aromatic heterocycles. The van der Waals surface area contributed by atoms with Crippen molar-refractivity contribution in [2.45, 2.75) is 31.7 Å². The fourth-order valence-corrected chi connectivity index (χ4v) is 3.91. The zero-order valence-electron chi connectivity index (χ0n) is 16.3. The molecule has 28 heavy (non-hydrogen) atoms. The fraction of sp³-hybridized carbons (Fsp3) is 0.364. The quantitative estimate of drug-likeness (QED) is 0.826. The van der Waals surface area contributed by atoms with Gasteiger partial charge in [0.15, 0.2) is 18.3 Å². The van der Waals surface area contributed by atoms with Crippen LogP contribution >= 0.6 is 0 Å². The number of ether oxygens (including phenoxy) is 2. The van der Waals surface area contributed by atoms with Crippen LogP contribution in [-0.4, -0.2) is 37.2 Å². The predicted octanol–water partition coefficient (Wildman–Crippen LogP) is 3.18. The monoisotopic (exact) mass is 379 g/mol. The molecule has 1 atom stereocenters. The summed E-state index contributed by atoms with van der Waals surface area (Å²) in [5.41, 5.74) is 9.02. The van der Waals surface area contributed by atoms with Crippen molar-refractivity contribution < 1.29 is 14.3 Å². The van der Waals surface area contributed by atoms with Crippen LogP contribution in [0.5, 0.6) is 5.75 Å². The molecule has 0 radical (unpaired) electrons. The second-order valence-corrected chi connectivity index (χ2v) is 7.40. The smallest absolute Gasteiger partial charge is 0.261 e. The molecule has 2 heterocycles. The van der Waals surface area contributed by atoms with E-state index in [1.54, 1.807) is 7.05 Å². The van der Waals surface area contributed by atoms with Gasteiger partial charge in [0.2, 0.25) is 0 Å². The van der Waals surface area contributed by atoms with Crippen LogP contribution in [0, 0.1) is 6.92 Å². The zero-order valence-corrected chi connectivity index (χ0v) is 16.3. The number of rotatable bonds is 1. The number of amides is 1. The lowest BCUT2D eigenvalue weighted by Gasteiger charge is -2.29. The van der Waals surface area contributed by atoms with Crippen LogP contribution in [-0.2, 0) is 15.1 Å². The van der Waals surface area contributed by atoms with E-state index in [-0.39, 0.29) is 18.7 Å². The first-order chi connectivity index (χ1) is 13.5. The van der Waals surface area contributed by atoms with Crippen molar-refractivity contribution in [1.82, 2.24) is 4.90 Å². The Hall–Kier alpha value is -2.86. The fourth-order valence-electron chi connectivity index (χ4n) is 3.91. The number of carbonyl (C=O) groups is 1. The third-order valence-corrected chi connectivity index (χ3v) is 5.46. The summed E-state index contributed by atoms with van der Waals surface area (Å²) in [6.07, 6.45) is 2.21. The molecular formula is C22H25N3O3. The second-order valence-electron chi connectivity index (χ2n) is 7.40. The van der Waals surface area contributed by atoms with Crippen molar-refractivity contribution in [1.29, 1.82) is 0 Å². The summed E-state index contributed by atoms with van der Waals surface area (Å²) >= 11 is 0. The van der Waals surface area contributed by atoms with Gasteiger partial charge >= 0.3 is 0 Å². The Balaban J connectivity index is 1.89. The maximum Gasteiger partial charge on any atom is 0.261 e. The molecular weight excluding hydrogens is 354 g/mol. The van der Waals surface area contributed by atoms with Crippen LogP contribution in [0.4, 0.5) is 0 Å². The summed E-state index contributed by atoms with van der Waals surface area (Å²) < 4.78 is 11.4. The maximum atomic E-state index is 13.3. The SMILES string of the molecule is Cc1cccc(-c2ccc3c(c2)C2(CCCCOCO3)N=C(N)N(C)C2=O)c1. The molecule has 0 aliphatic carbocycles. The second kappa shape index (κ2) is 7.28. The average molecular weight is 379 g/mol. The van der Waals surface area contributed by atoms with Crippen molar-refractivity contribution in [3.63, 3.8) is 0 Å². The van der Waals surface area contributed by atoms with Gasteiger partial charge in [-0.05, 0) is 49.4 Å². The Morgan fingerprint density at radius 1 is 1.14 bits per heavy atom. The maximum absolute atomic E-state index is 13.3. The molecule has 1 spiro atoms. The first-order valence-electron chi connectivity index (χ1n) is 9.57. The highest BCUT2D eigenvalue weighted by molar-refractivity contribution is 6.07. The molecule has 1 unspecified atom stereocenters. The number of hydrogen-bond acceptors (Lipinski definition) is 5. The van der Waals surface area contributed by atoms with E-state index in [0.717, 1.165) is 29.5 Å². The summed E-state index contributed by atoms with van der Waals surface area (Å²) in [6, 6.07) is 14.2. The Kier molecular flexibility index (Phi) is 4.81. The van der Waals surface area contributed by atoms with Crippen LogP contribution in [0.1, 0.15) is 30.4 Å². The van der Waals surface area contributed by atoms with Crippen molar-refractivity contribution in [2.75, 3.05) is 20.4 Å². The van der Waals surface area contributed by atoms with Gasteiger partial charge in [-0.3, -0.25) is 9.69 Å². The minimum absolute atomic E-state index is 0.113. The number of guanidine groups is 1. The lowest BCUT2D eigenvalue weighted by atomic mass is 9.82. The van der Waals surface area contributed by atoms with Gasteiger partial charge in [0.05, 0.1) is 6.61 Å². The third-order valence-electron chi connectivity index (χ3n) is 5.46. The molecule has 0 saturated heterocycles. The Labute approximate surface area is 165 Å². The Morgan fingerprint density at radius 2 is 1.96 bits per heavy atom. The summed E-state index contributed by atoms with van der Waals surface area (Å²) in [5, 5.41) is 0. The van der Waals surface area contributed by atoms with Crippen LogP contribution in [0.3, 0.4) is 0 Å². The van der Waals surface area contributed by atoms with Crippen LogP contribution in [0.15, 0.2) is 47.5 Å². The van der Waals surface area contributed by atoms with E-state index in [1.165, 1.54) is 10.5 Å². The molecule has 0 bridgehead atoms. The molecule has 2 aromatic rings. The van der Waals surface area contributed by atoms with E-state index in [0.29, 0.717) is 18.8 Å². The highest BCUT2D eigenvalue weighted by Gasteiger charge is 2.49. The lowest BCUT2D eigenvalue weighted by Crippen LogP contribution is -2.41. The standard InChI is InChI=1S/C22H25N3O3/c1-15-6-5-7-16(12-15)17-8-9-19-18(13-17)22(10-3-4-11-27-14-28-19)20(26)25(2)21(23)24-22/h5-9,12-13H,3-4,10-11,14H2,1-2H3,(H2,23,24). The van der Waals surface area contributed by atoms with E-state index in [4.69, 9.17) is 15.2 Å². The first-order valence-corrected chi connectivity index (χ1v) is 9.57. The van der Waals surface area contributed by atoms with Gasteiger partial charge in [-0.2, -0.15) is 0 Å². The summed E-state index contributed by atoms with van der Waals surface area (Å²) in [6.45, 7) is 2.80. The van der Waals surface area contributed by atoms with Gasteiger partial charge in [0.25, 0.3) is 5.91 Å². The molecule has 0 fully saturated rings. The number of nitrogens with two attached hydrogens (primary N) is 1. The van der Waals surface area contributed by atoms with Crippen LogP contribution < -0.4 is 10.5 Å². The summed E-state index contributed by atoms with van der Waals surface area (Å²) in [5.74, 6) is 0.737. The molecule has 1 amide bonds. The minimum atomic E-state index is -1.05. The largest absolute Gasteiger partial charge is 0.467 e. The third kappa shape index (κ3) is 3.14. The molecule has 2 N–H and O–H groups in total. The molecule has 0 saturated carbocycles. The first kappa shape index (κ1) is 18.5. The van der Waals surface area contributed by atoms with E-state index >= 15 is 0 Å². The number of nitrogens with zero attached hydrogens (tertiary/aromatic N) is 2. The van der Waals surface area contributed by atoms with E-state index in [2.05, 4.69) is 30.1 Å². The summed E-state index contributed by atoms with van der Waals surface area (Å²) in [7, 11) is 1.67. The van der Waals surface area contributed by atoms with Crippen molar-refractivity contribution in [3.8, 4) is 16.9 Å². The molecule has 6 heteroatoms. The normalized spacial score (nSPS) is 22.6. The summed E-state index contributed by atoms with van der Waals surface area (Å²) in [4.78, 5) is 19.4. The number of fused-ring (bicyclic) bond motifs is 2. The van der Waals surface area contributed by atoms with Crippen LogP contribution in [0.25, 0.3) is 11.1 Å². The van der Waals surface area contributed by atoms with Crippen molar-refractivity contribution in [3.05, 3.63) is 53.6 Å². The molecule has 2 aliphatic rings. The number of benzene rings is 2. The number of aliphatic imine (C=N–C) groups is 1. The average Bonchev–Trinajstić information content (AvgIpc) is 2.92. The number of likely N-dealkylation sites (N-methyl/N-ethyl adjacent to an activating group) is 1. The minimum Gasteiger partial charge on any atom is -0.467 e. The van der Waals surface area contributed by atoms with Crippen LogP contribution in [0.2, 0.25) is 0 Å². The van der Waals surface area contributed by atoms with Crippen molar-refractivity contribution in [2.24, 2.45) is 10.7 Å². The van der Waals surface area contributed by atoms with Gasteiger partial charge in [-0.25, -0.2) is 4.99 Å². The van der Waals surface area contributed by atoms with E-state index in [1.807, 2.05) is 24.3 Å². The molecule has 6 nitrogen and oxygen atoms in total. The Morgan fingerprint density at radius 3 is 2.71 bits per heavy atom. The number of carbonyl (C=O) groups excluding carboxylic acids is 1. The van der Waals surface area contributed by atoms with Gasteiger partial charge < -0.3 is 15.2 Å². The zero-order chi connectivity index (χ0) is 19.7. The van der Waals surface area contributed by atoms with E-state index in [9.17, 15) is 4.79 Å². The molecule has 2 aliphatic heterocycles.